The van der Waals surface area contributed by atoms with Crippen LogP contribution < -0.4 is 0 Å². The minimum absolute atomic E-state index is 0.00644. The van der Waals surface area contributed by atoms with Gasteiger partial charge in [-0.3, -0.25) is 4.79 Å². The molecule has 1 aromatic heterocycles. The molecule has 1 rings (SSSR count). The highest BCUT2D eigenvalue weighted by Crippen LogP contribution is 2.26. The summed E-state index contributed by atoms with van der Waals surface area (Å²) in [6.07, 6.45) is 0. The van der Waals surface area contributed by atoms with E-state index in [0.29, 0.717) is 0 Å². The van der Waals surface area contributed by atoms with E-state index in [-0.39, 0.29) is 27.7 Å². The van der Waals surface area contributed by atoms with Gasteiger partial charge in [0.2, 0.25) is 0 Å². The number of carbonyl (C=O) groups excluding carboxylic acids is 3. The van der Waals surface area contributed by atoms with Crippen LogP contribution in [0, 0.1) is 5.92 Å². The van der Waals surface area contributed by atoms with Crippen LogP contribution >= 0.6 is 11.3 Å². The lowest BCUT2D eigenvalue weighted by Crippen LogP contribution is -2.15. The van der Waals surface area contributed by atoms with Crippen LogP contribution in [0.15, 0.2) is 5.38 Å². The maximum Gasteiger partial charge on any atom is 0.348 e. The normalized spacial score (nSPS) is 10.3. The lowest BCUT2D eigenvalue weighted by molar-refractivity contribution is 0.0558. The largest absolute Gasteiger partial charge is 0.465 e. The molecule has 0 aliphatic heterocycles. The number of methoxy groups -OCH3 is 2. The molecule has 1 heterocycles. The first-order valence-electron chi connectivity index (χ1n) is 5.26. The van der Waals surface area contributed by atoms with Crippen LogP contribution in [0.3, 0.4) is 0 Å². The van der Waals surface area contributed by atoms with Crippen LogP contribution in [-0.2, 0) is 9.47 Å². The zero-order valence-corrected chi connectivity index (χ0v) is 11.4. The molecule has 0 N–H and O–H groups in total. The second-order valence-corrected chi connectivity index (χ2v) is 4.74. The summed E-state index contributed by atoms with van der Waals surface area (Å²) in [5, 5.41) is 1.49. The Morgan fingerprint density at radius 3 is 2.11 bits per heavy atom. The molecule has 5 nitrogen and oxygen atoms in total. The highest BCUT2D eigenvalue weighted by molar-refractivity contribution is 7.12. The molecule has 98 valence electrons. The molecule has 18 heavy (non-hydrogen) atoms. The Labute approximate surface area is 109 Å². The van der Waals surface area contributed by atoms with Gasteiger partial charge in [-0.15, -0.1) is 11.3 Å². The quantitative estimate of drug-likeness (QED) is 0.619. The Kier molecular flexibility index (Phi) is 4.61. The summed E-state index contributed by atoms with van der Waals surface area (Å²) in [6, 6.07) is 0. The number of rotatable bonds is 4. The van der Waals surface area contributed by atoms with E-state index in [9.17, 15) is 14.4 Å². The predicted molar refractivity (Wildman–Crippen MR) is 66.2 cm³/mol. The van der Waals surface area contributed by atoms with Gasteiger partial charge in [0.25, 0.3) is 0 Å². The Morgan fingerprint density at radius 1 is 1.11 bits per heavy atom. The van der Waals surface area contributed by atoms with Crippen molar-refractivity contribution in [1.29, 1.82) is 0 Å². The SMILES string of the molecule is COC(=O)c1scc(C(=O)C(C)C)c1C(=O)OC. The standard InChI is InChI=1S/C12H14O5S/c1-6(2)9(13)7-5-18-10(12(15)17-4)8(7)11(14)16-3/h5-6H,1-4H3. The van der Waals surface area contributed by atoms with Crippen molar-refractivity contribution in [2.45, 2.75) is 13.8 Å². The molecular formula is C12H14O5S. The van der Waals surface area contributed by atoms with Crippen LogP contribution in [0.1, 0.15) is 44.2 Å². The van der Waals surface area contributed by atoms with Crippen molar-refractivity contribution in [3.8, 4) is 0 Å². The van der Waals surface area contributed by atoms with E-state index in [1.807, 2.05) is 0 Å². The molecule has 1 aromatic rings. The fraction of sp³-hybridized carbons (Fsp3) is 0.417. The van der Waals surface area contributed by atoms with E-state index >= 15 is 0 Å². The predicted octanol–water partition coefficient (Wildman–Crippen LogP) is 2.16. The van der Waals surface area contributed by atoms with E-state index < -0.39 is 11.9 Å². The fourth-order valence-corrected chi connectivity index (χ4v) is 2.36. The molecule has 0 amide bonds. The van der Waals surface area contributed by atoms with Crippen molar-refractivity contribution in [2.24, 2.45) is 5.92 Å². The number of hydrogen-bond donors (Lipinski definition) is 0. The van der Waals surface area contributed by atoms with E-state index in [0.717, 1.165) is 11.3 Å². The Hall–Kier alpha value is -1.69. The van der Waals surface area contributed by atoms with Gasteiger partial charge < -0.3 is 9.47 Å². The third kappa shape index (κ3) is 2.59. The summed E-state index contributed by atoms with van der Waals surface area (Å²) in [5.41, 5.74) is 0.204. The van der Waals surface area contributed by atoms with Crippen molar-refractivity contribution >= 4 is 29.1 Å². The minimum atomic E-state index is -0.708. The highest BCUT2D eigenvalue weighted by atomic mass is 32.1. The van der Waals surface area contributed by atoms with Crippen molar-refractivity contribution < 1.29 is 23.9 Å². The summed E-state index contributed by atoms with van der Waals surface area (Å²) in [5.74, 6) is -1.83. The molecule has 0 aromatic carbocycles. The van der Waals surface area contributed by atoms with Crippen molar-refractivity contribution in [2.75, 3.05) is 14.2 Å². The molecule has 6 heteroatoms. The minimum Gasteiger partial charge on any atom is -0.465 e. The average Bonchev–Trinajstić information content (AvgIpc) is 2.80. The van der Waals surface area contributed by atoms with Gasteiger partial charge in [-0.05, 0) is 0 Å². The lowest BCUT2D eigenvalue weighted by Gasteiger charge is -2.06. The molecule has 0 bridgehead atoms. The summed E-state index contributed by atoms with van der Waals surface area (Å²) in [4.78, 5) is 35.3. The third-order valence-corrected chi connectivity index (χ3v) is 3.30. The van der Waals surface area contributed by atoms with Crippen LogP contribution in [-0.4, -0.2) is 31.9 Å². The molecule has 0 spiro atoms. The van der Waals surface area contributed by atoms with E-state index in [4.69, 9.17) is 0 Å². The zero-order chi connectivity index (χ0) is 13.9. The van der Waals surface area contributed by atoms with Crippen LogP contribution in [0.25, 0.3) is 0 Å². The van der Waals surface area contributed by atoms with Gasteiger partial charge in [0, 0.05) is 16.9 Å². The monoisotopic (exact) mass is 270 g/mol. The molecule has 0 aliphatic rings. The second kappa shape index (κ2) is 5.77. The topological polar surface area (TPSA) is 69.7 Å². The van der Waals surface area contributed by atoms with Gasteiger partial charge in [-0.1, -0.05) is 13.8 Å². The maximum absolute atomic E-state index is 12.0. The smallest absolute Gasteiger partial charge is 0.348 e. The molecule has 0 fully saturated rings. The second-order valence-electron chi connectivity index (χ2n) is 3.86. The molecule has 0 radical (unpaired) electrons. The van der Waals surface area contributed by atoms with Gasteiger partial charge >= 0.3 is 11.9 Å². The Bertz CT molecular complexity index is 487. The molecule has 0 atom stereocenters. The summed E-state index contributed by atoms with van der Waals surface area (Å²) >= 11 is 1.00. The Balaban J connectivity index is 3.37. The van der Waals surface area contributed by atoms with E-state index in [2.05, 4.69) is 9.47 Å². The summed E-state index contributed by atoms with van der Waals surface area (Å²) in [6.45, 7) is 3.44. The van der Waals surface area contributed by atoms with Crippen LogP contribution in [0.4, 0.5) is 0 Å². The summed E-state index contributed by atoms with van der Waals surface area (Å²) in [7, 11) is 2.41. The number of esters is 2. The number of hydrogen-bond acceptors (Lipinski definition) is 6. The number of thiophene rings is 1. The molecule has 0 saturated carbocycles. The average molecular weight is 270 g/mol. The first kappa shape index (κ1) is 14.4. The lowest BCUT2D eigenvalue weighted by atomic mass is 9.99. The van der Waals surface area contributed by atoms with Crippen molar-refractivity contribution in [1.82, 2.24) is 0 Å². The summed E-state index contributed by atoms with van der Waals surface area (Å²) < 4.78 is 9.19. The van der Waals surface area contributed by atoms with Gasteiger partial charge in [0.1, 0.15) is 4.88 Å². The molecule has 0 aliphatic carbocycles. The van der Waals surface area contributed by atoms with Gasteiger partial charge in [-0.2, -0.15) is 0 Å². The third-order valence-electron chi connectivity index (χ3n) is 2.34. The van der Waals surface area contributed by atoms with Crippen molar-refractivity contribution in [3.63, 3.8) is 0 Å². The Morgan fingerprint density at radius 2 is 1.67 bits per heavy atom. The number of ketones is 1. The number of Topliss-reactive ketones (excluding diaryl/α,β-unsaturated/α-hetero) is 1. The van der Waals surface area contributed by atoms with Gasteiger partial charge in [0.15, 0.2) is 5.78 Å². The van der Waals surface area contributed by atoms with E-state index in [1.54, 1.807) is 13.8 Å². The fourth-order valence-electron chi connectivity index (χ4n) is 1.40. The number of carbonyl (C=O) groups is 3. The van der Waals surface area contributed by atoms with Gasteiger partial charge in [-0.25, -0.2) is 9.59 Å². The number of ether oxygens (including phenoxy) is 2. The maximum atomic E-state index is 12.0. The zero-order valence-electron chi connectivity index (χ0n) is 10.6. The van der Waals surface area contributed by atoms with Crippen LogP contribution in [0.5, 0.6) is 0 Å². The van der Waals surface area contributed by atoms with Gasteiger partial charge in [0.05, 0.1) is 19.8 Å². The molecular weight excluding hydrogens is 256 g/mol. The van der Waals surface area contributed by atoms with Crippen molar-refractivity contribution in [3.05, 3.63) is 21.4 Å². The van der Waals surface area contributed by atoms with Crippen LogP contribution in [0.2, 0.25) is 0 Å². The first-order chi connectivity index (χ1) is 8.43. The molecule has 0 saturated heterocycles. The molecule has 0 unspecified atom stereocenters. The first-order valence-corrected chi connectivity index (χ1v) is 6.14. The highest BCUT2D eigenvalue weighted by Gasteiger charge is 2.28. The van der Waals surface area contributed by atoms with E-state index in [1.165, 1.54) is 19.6 Å².